The van der Waals surface area contributed by atoms with E-state index in [1.807, 2.05) is 48.5 Å². The lowest BCUT2D eigenvalue weighted by molar-refractivity contribution is 0.281. The van der Waals surface area contributed by atoms with Gasteiger partial charge in [0.15, 0.2) is 0 Å². The van der Waals surface area contributed by atoms with Crippen LogP contribution in [0, 0.1) is 5.92 Å². The fourth-order valence-corrected chi connectivity index (χ4v) is 2.95. The van der Waals surface area contributed by atoms with Crippen LogP contribution in [0.4, 0.5) is 0 Å². The quantitative estimate of drug-likeness (QED) is 0.543. The summed E-state index contributed by atoms with van der Waals surface area (Å²) in [6, 6.07) is 15.8. The SMILES string of the molecule is C=C(c1cc(CO)cc(OC)c1)C(C)CCCCCOc1ccccc1. The molecule has 26 heavy (non-hydrogen) atoms. The lowest BCUT2D eigenvalue weighted by atomic mass is 9.90. The molecular formula is C23H30O3. The minimum absolute atomic E-state index is 0.00722. The number of methoxy groups -OCH3 is 1. The van der Waals surface area contributed by atoms with Gasteiger partial charge in [0.2, 0.25) is 0 Å². The molecule has 2 aromatic rings. The minimum Gasteiger partial charge on any atom is -0.497 e. The molecule has 0 bridgehead atoms. The number of benzene rings is 2. The fourth-order valence-electron chi connectivity index (χ4n) is 2.95. The lowest BCUT2D eigenvalue weighted by Crippen LogP contribution is -2.01. The molecule has 140 valence electrons. The molecule has 0 heterocycles. The Bertz CT molecular complexity index is 657. The molecule has 1 unspecified atom stereocenters. The Morgan fingerprint density at radius 2 is 1.81 bits per heavy atom. The van der Waals surface area contributed by atoms with Gasteiger partial charge < -0.3 is 14.6 Å². The summed E-state index contributed by atoms with van der Waals surface area (Å²) in [5.74, 6) is 2.09. The summed E-state index contributed by atoms with van der Waals surface area (Å²) in [5.41, 5.74) is 3.00. The summed E-state index contributed by atoms with van der Waals surface area (Å²) in [5, 5.41) is 9.41. The molecule has 2 rings (SSSR count). The van der Waals surface area contributed by atoms with Crippen molar-refractivity contribution in [2.45, 2.75) is 39.2 Å². The van der Waals surface area contributed by atoms with Crippen molar-refractivity contribution in [1.29, 1.82) is 0 Å². The highest BCUT2D eigenvalue weighted by Gasteiger charge is 2.11. The van der Waals surface area contributed by atoms with Gasteiger partial charge in [-0.1, -0.05) is 44.5 Å². The van der Waals surface area contributed by atoms with E-state index < -0.39 is 0 Å². The number of aliphatic hydroxyl groups excluding tert-OH is 1. The van der Waals surface area contributed by atoms with Crippen molar-refractivity contribution in [3.8, 4) is 11.5 Å². The van der Waals surface area contributed by atoms with Gasteiger partial charge in [-0.3, -0.25) is 0 Å². The lowest BCUT2D eigenvalue weighted by Gasteiger charge is -2.17. The van der Waals surface area contributed by atoms with Gasteiger partial charge in [-0.15, -0.1) is 0 Å². The van der Waals surface area contributed by atoms with Crippen molar-refractivity contribution < 1.29 is 14.6 Å². The van der Waals surface area contributed by atoms with Crippen LogP contribution in [-0.4, -0.2) is 18.8 Å². The summed E-state index contributed by atoms with van der Waals surface area (Å²) in [6.07, 6.45) is 4.44. The normalized spacial score (nSPS) is 11.8. The van der Waals surface area contributed by atoms with Crippen molar-refractivity contribution in [1.82, 2.24) is 0 Å². The molecule has 0 radical (unpaired) electrons. The maximum atomic E-state index is 9.41. The monoisotopic (exact) mass is 354 g/mol. The van der Waals surface area contributed by atoms with E-state index in [9.17, 15) is 5.11 Å². The van der Waals surface area contributed by atoms with Crippen molar-refractivity contribution in [2.24, 2.45) is 5.92 Å². The largest absolute Gasteiger partial charge is 0.497 e. The van der Waals surface area contributed by atoms with Crippen molar-refractivity contribution in [3.63, 3.8) is 0 Å². The van der Waals surface area contributed by atoms with E-state index in [4.69, 9.17) is 9.47 Å². The van der Waals surface area contributed by atoms with Crippen molar-refractivity contribution in [2.75, 3.05) is 13.7 Å². The Labute approximate surface area is 157 Å². The zero-order valence-corrected chi connectivity index (χ0v) is 15.9. The second-order valence-corrected chi connectivity index (χ2v) is 6.67. The number of hydrogen-bond donors (Lipinski definition) is 1. The standard InChI is InChI=1S/C23H30O3/c1-18(10-6-5-9-13-26-22-11-7-4-8-12-22)19(2)21-14-20(17-24)15-23(16-21)25-3/h4,7-8,11-12,14-16,18,24H,2,5-6,9-10,13,17H2,1,3H3. The van der Waals surface area contributed by atoms with E-state index in [1.54, 1.807) is 7.11 Å². The number of ether oxygens (including phenoxy) is 2. The van der Waals surface area contributed by atoms with Gasteiger partial charge in [0.25, 0.3) is 0 Å². The number of allylic oxidation sites excluding steroid dienone is 1. The van der Waals surface area contributed by atoms with Gasteiger partial charge in [-0.2, -0.15) is 0 Å². The van der Waals surface area contributed by atoms with Crippen LogP contribution in [0.5, 0.6) is 11.5 Å². The van der Waals surface area contributed by atoms with Crippen LogP contribution in [0.1, 0.15) is 43.7 Å². The Morgan fingerprint density at radius 3 is 2.50 bits per heavy atom. The molecule has 3 nitrogen and oxygen atoms in total. The highest BCUT2D eigenvalue weighted by molar-refractivity contribution is 5.67. The molecule has 3 heteroatoms. The van der Waals surface area contributed by atoms with E-state index in [-0.39, 0.29) is 6.61 Å². The third-order valence-corrected chi connectivity index (χ3v) is 4.64. The maximum absolute atomic E-state index is 9.41. The first-order chi connectivity index (χ1) is 12.6. The summed E-state index contributed by atoms with van der Waals surface area (Å²) in [4.78, 5) is 0. The number of aliphatic hydroxyl groups is 1. The molecule has 0 aliphatic heterocycles. The second-order valence-electron chi connectivity index (χ2n) is 6.67. The number of rotatable bonds is 11. The molecule has 0 aliphatic carbocycles. The highest BCUT2D eigenvalue weighted by Crippen LogP contribution is 2.29. The average molecular weight is 354 g/mol. The molecule has 1 atom stereocenters. The second kappa shape index (κ2) is 10.7. The average Bonchev–Trinajstić information content (AvgIpc) is 2.70. The summed E-state index contributed by atoms with van der Waals surface area (Å²) in [6.45, 7) is 7.24. The Balaban J connectivity index is 1.73. The van der Waals surface area contributed by atoms with E-state index in [0.717, 1.165) is 60.5 Å². The Hall–Kier alpha value is -2.26. The molecule has 0 spiro atoms. The zero-order valence-electron chi connectivity index (χ0n) is 15.9. The summed E-state index contributed by atoms with van der Waals surface area (Å²) in [7, 11) is 1.64. The fraction of sp³-hybridized carbons (Fsp3) is 0.391. The van der Waals surface area contributed by atoms with Gasteiger partial charge >= 0.3 is 0 Å². The first-order valence-electron chi connectivity index (χ1n) is 9.30. The smallest absolute Gasteiger partial charge is 0.119 e. The van der Waals surface area contributed by atoms with Gasteiger partial charge in [0.05, 0.1) is 20.3 Å². The number of hydrogen-bond acceptors (Lipinski definition) is 3. The van der Waals surface area contributed by atoms with Gasteiger partial charge in [-0.25, -0.2) is 0 Å². The molecule has 2 aromatic carbocycles. The van der Waals surface area contributed by atoms with Gasteiger partial charge in [0, 0.05) is 0 Å². The third-order valence-electron chi connectivity index (χ3n) is 4.64. The van der Waals surface area contributed by atoms with Crippen LogP contribution >= 0.6 is 0 Å². The predicted molar refractivity (Wildman–Crippen MR) is 108 cm³/mol. The Kier molecular flexibility index (Phi) is 8.23. The van der Waals surface area contributed by atoms with Crippen LogP contribution in [0.2, 0.25) is 0 Å². The third kappa shape index (κ3) is 6.23. The van der Waals surface area contributed by atoms with Crippen LogP contribution in [-0.2, 0) is 6.61 Å². The highest BCUT2D eigenvalue weighted by atomic mass is 16.5. The molecular weight excluding hydrogens is 324 g/mol. The number of unbranched alkanes of at least 4 members (excludes halogenated alkanes) is 2. The van der Waals surface area contributed by atoms with Crippen LogP contribution < -0.4 is 9.47 Å². The van der Waals surface area contributed by atoms with E-state index >= 15 is 0 Å². The molecule has 0 fully saturated rings. The molecule has 0 amide bonds. The molecule has 1 N–H and O–H groups in total. The van der Waals surface area contributed by atoms with Crippen molar-refractivity contribution >= 4 is 5.57 Å². The van der Waals surface area contributed by atoms with Crippen molar-refractivity contribution in [3.05, 3.63) is 66.2 Å². The summed E-state index contributed by atoms with van der Waals surface area (Å²) < 4.78 is 11.0. The van der Waals surface area contributed by atoms with Crippen LogP contribution in [0.15, 0.2) is 55.1 Å². The molecule has 0 aliphatic rings. The van der Waals surface area contributed by atoms with Crippen LogP contribution in [0.25, 0.3) is 5.57 Å². The Morgan fingerprint density at radius 1 is 1.04 bits per heavy atom. The van der Waals surface area contributed by atoms with Crippen LogP contribution in [0.3, 0.4) is 0 Å². The topological polar surface area (TPSA) is 38.7 Å². The number of para-hydroxylation sites is 1. The van der Waals surface area contributed by atoms with Gasteiger partial charge in [-0.05, 0) is 65.8 Å². The molecule has 0 saturated heterocycles. The van der Waals surface area contributed by atoms with Gasteiger partial charge in [0.1, 0.15) is 11.5 Å². The van der Waals surface area contributed by atoms with E-state index in [1.165, 1.54) is 0 Å². The van der Waals surface area contributed by atoms with E-state index in [0.29, 0.717) is 5.92 Å². The maximum Gasteiger partial charge on any atom is 0.119 e. The molecule has 0 saturated carbocycles. The predicted octanol–water partition coefficient (Wildman–Crippen LogP) is 5.48. The zero-order chi connectivity index (χ0) is 18.8. The summed E-state index contributed by atoms with van der Waals surface area (Å²) >= 11 is 0. The minimum atomic E-state index is 0.00722. The first-order valence-corrected chi connectivity index (χ1v) is 9.30. The van der Waals surface area contributed by atoms with E-state index in [2.05, 4.69) is 13.5 Å². The first kappa shape index (κ1) is 20.1. The molecule has 0 aromatic heterocycles.